The van der Waals surface area contributed by atoms with Crippen molar-refractivity contribution in [2.45, 2.75) is 44.8 Å². The van der Waals surface area contributed by atoms with Gasteiger partial charge in [-0.3, -0.25) is 9.78 Å². The number of anilines is 1. The number of hydrogen-bond acceptors (Lipinski definition) is 7. The van der Waals surface area contributed by atoms with Crippen molar-refractivity contribution >= 4 is 40.1 Å². The van der Waals surface area contributed by atoms with Crippen LogP contribution >= 0.6 is 11.6 Å². The van der Waals surface area contributed by atoms with Crippen LogP contribution < -0.4 is 25.4 Å². The Kier molecular flexibility index (Phi) is 8.88. The first-order valence-electron chi connectivity index (χ1n) is 13.7. The molecule has 2 aliphatic rings. The van der Waals surface area contributed by atoms with Gasteiger partial charge in [0.1, 0.15) is 30.0 Å². The van der Waals surface area contributed by atoms with E-state index in [1.54, 1.807) is 42.6 Å². The molecule has 11 heteroatoms. The van der Waals surface area contributed by atoms with Crippen LogP contribution in [0.4, 0.5) is 10.5 Å². The lowest BCUT2D eigenvalue weighted by Crippen LogP contribution is -2.34. The van der Waals surface area contributed by atoms with Crippen LogP contribution in [0.1, 0.15) is 43.0 Å². The lowest BCUT2D eigenvalue weighted by Gasteiger charge is -2.20. The normalized spacial score (nSPS) is 16.0. The highest BCUT2D eigenvalue weighted by atomic mass is 35.5. The number of hydrogen-bond donors (Lipinski definition) is 4. The number of likely N-dealkylation sites (tertiary alicyclic amines) is 1. The molecule has 5 rings (SSSR count). The zero-order valence-electron chi connectivity index (χ0n) is 22.4. The zero-order valence-corrected chi connectivity index (χ0v) is 23.2. The van der Waals surface area contributed by atoms with Crippen molar-refractivity contribution in [3.8, 4) is 17.2 Å². The van der Waals surface area contributed by atoms with E-state index in [9.17, 15) is 14.7 Å². The number of benzene rings is 2. The van der Waals surface area contributed by atoms with Crippen LogP contribution in [0.15, 0.2) is 42.6 Å². The first kappa shape index (κ1) is 27.9. The number of nitrogens with zero attached hydrogens (tertiary/aromatic N) is 2. The van der Waals surface area contributed by atoms with Crippen LogP contribution in [0, 0.1) is 0 Å². The summed E-state index contributed by atoms with van der Waals surface area (Å²) in [6.45, 7) is 4.83. The number of aliphatic hydroxyl groups excluding tert-OH is 1. The lowest BCUT2D eigenvalue weighted by atomic mass is 10.1. The fourth-order valence-electron chi connectivity index (χ4n) is 4.65. The molecule has 3 aromatic rings. The number of aromatic nitrogens is 1. The van der Waals surface area contributed by atoms with Crippen molar-refractivity contribution in [3.63, 3.8) is 0 Å². The molecule has 0 spiro atoms. The van der Waals surface area contributed by atoms with Crippen molar-refractivity contribution in [2.24, 2.45) is 0 Å². The number of rotatable bonds is 11. The molecular weight excluding hydrogens is 534 g/mol. The van der Waals surface area contributed by atoms with E-state index in [0.717, 1.165) is 38.8 Å². The van der Waals surface area contributed by atoms with Gasteiger partial charge in [-0.2, -0.15) is 0 Å². The highest BCUT2D eigenvalue weighted by Gasteiger charge is 2.24. The highest BCUT2D eigenvalue weighted by Crippen LogP contribution is 2.35. The number of β-amino-alcohol motifs (C(OH)–C–C–N with tert-alkyl or cyclic N) is 1. The summed E-state index contributed by atoms with van der Waals surface area (Å²) in [6, 6.07) is 10.0. The number of aliphatic hydroxyl groups is 1. The van der Waals surface area contributed by atoms with E-state index in [0.29, 0.717) is 57.5 Å². The number of ether oxygens (including phenoxy) is 2. The molecule has 1 saturated heterocycles. The molecule has 40 heavy (non-hydrogen) atoms. The molecule has 1 aliphatic carbocycles. The molecule has 3 amide bonds. The Morgan fingerprint density at radius 2 is 1.95 bits per heavy atom. The molecule has 1 saturated carbocycles. The van der Waals surface area contributed by atoms with Crippen LogP contribution in [0.2, 0.25) is 5.02 Å². The fraction of sp³-hybridized carbons (Fsp3) is 0.414. The van der Waals surface area contributed by atoms with E-state index >= 15 is 0 Å². The zero-order chi connectivity index (χ0) is 28.1. The molecule has 212 valence electrons. The van der Waals surface area contributed by atoms with Gasteiger partial charge in [0.05, 0.1) is 21.8 Å². The van der Waals surface area contributed by atoms with E-state index in [1.807, 2.05) is 6.92 Å². The van der Waals surface area contributed by atoms with Gasteiger partial charge in [-0.25, -0.2) is 4.79 Å². The third kappa shape index (κ3) is 7.12. The summed E-state index contributed by atoms with van der Waals surface area (Å²) in [4.78, 5) is 31.7. The van der Waals surface area contributed by atoms with Gasteiger partial charge in [0, 0.05) is 42.8 Å². The second kappa shape index (κ2) is 12.7. The summed E-state index contributed by atoms with van der Waals surface area (Å²) in [5.41, 5.74) is 1.36. The molecule has 0 radical (unpaired) electrons. The van der Waals surface area contributed by atoms with Gasteiger partial charge in [-0.15, -0.1) is 0 Å². The first-order chi connectivity index (χ1) is 19.4. The van der Waals surface area contributed by atoms with Gasteiger partial charge in [0.2, 0.25) is 0 Å². The smallest absolute Gasteiger partial charge is 0.319 e. The summed E-state index contributed by atoms with van der Waals surface area (Å²) in [5, 5.41) is 19.9. The second-order valence-corrected chi connectivity index (χ2v) is 10.5. The van der Waals surface area contributed by atoms with Crippen molar-refractivity contribution in [2.75, 3.05) is 38.1 Å². The third-order valence-electron chi connectivity index (χ3n) is 6.81. The number of halogens is 1. The van der Waals surface area contributed by atoms with Crippen LogP contribution in [-0.4, -0.2) is 71.9 Å². The SMILES string of the molecule is CCNC(=O)c1cc2c(Oc3ccc(NC(=O)NC4CC4)c(Cl)c3)ccnc2cc1OC[C@@H](O)CN1CCCC1. The maximum absolute atomic E-state index is 13.0. The molecule has 2 fully saturated rings. The summed E-state index contributed by atoms with van der Waals surface area (Å²) < 4.78 is 12.1. The molecule has 1 atom stereocenters. The summed E-state index contributed by atoms with van der Waals surface area (Å²) in [7, 11) is 0. The molecule has 4 N–H and O–H groups in total. The van der Waals surface area contributed by atoms with Crippen LogP contribution in [0.25, 0.3) is 10.9 Å². The topological polar surface area (TPSA) is 125 Å². The van der Waals surface area contributed by atoms with Gasteiger partial charge < -0.3 is 35.4 Å². The molecular formula is C29H34ClN5O5. The Bertz CT molecular complexity index is 1380. The van der Waals surface area contributed by atoms with Gasteiger partial charge in [0.25, 0.3) is 5.91 Å². The van der Waals surface area contributed by atoms with Crippen molar-refractivity contribution in [1.82, 2.24) is 20.5 Å². The predicted octanol–water partition coefficient (Wildman–Crippen LogP) is 4.55. The third-order valence-corrected chi connectivity index (χ3v) is 7.13. The molecule has 10 nitrogen and oxygen atoms in total. The lowest BCUT2D eigenvalue weighted by molar-refractivity contribution is 0.0745. The molecule has 0 bridgehead atoms. The summed E-state index contributed by atoms with van der Waals surface area (Å²) in [5.74, 6) is 0.965. The highest BCUT2D eigenvalue weighted by molar-refractivity contribution is 6.33. The number of carbonyl (C=O) groups is 2. The Balaban J connectivity index is 1.35. The molecule has 1 aromatic heterocycles. The minimum atomic E-state index is -0.680. The second-order valence-electron chi connectivity index (χ2n) is 10.1. The standard InChI is InChI=1S/C29H34ClN5O5/c1-2-31-28(37)22-14-21-25(15-27(22)39-17-19(36)16-35-11-3-4-12-35)32-10-9-26(21)40-20-7-8-24(23(30)13-20)34-29(38)33-18-5-6-18/h7-10,13-15,18-19,36H,2-6,11-12,16-17H2,1H3,(H,31,37)(H2,33,34,38)/t19-/m0/s1. The van der Waals surface area contributed by atoms with E-state index in [2.05, 4.69) is 25.8 Å². The largest absolute Gasteiger partial charge is 0.490 e. The Hall–Kier alpha value is -3.60. The Labute approximate surface area is 238 Å². The average Bonchev–Trinajstić information content (AvgIpc) is 3.59. The number of urea groups is 1. The number of nitrogens with one attached hydrogen (secondary N) is 3. The molecule has 2 heterocycles. The predicted molar refractivity (Wildman–Crippen MR) is 154 cm³/mol. The van der Waals surface area contributed by atoms with Crippen LogP contribution in [-0.2, 0) is 0 Å². The van der Waals surface area contributed by atoms with Crippen molar-refractivity contribution in [3.05, 3.63) is 53.2 Å². The molecule has 1 aliphatic heterocycles. The number of fused-ring (bicyclic) bond motifs is 1. The summed E-state index contributed by atoms with van der Waals surface area (Å²) in [6.07, 6.45) is 5.18. The number of amides is 3. The number of pyridine rings is 1. The Morgan fingerprint density at radius 1 is 1.15 bits per heavy atom. The fourth-order valence-corrected chi connectivity index (χ4v) is 4.87. The van der Waals surface area contributed by atoms with E-state index < -0.39 is 6.10 Å². The van der Waals surface area contributed by atoms with Gasteiger partial charge >= 0.3 is 6.03 Å². The Morgan fingerprint density at radius 3 is 2.67 bits per heavy atom. The minimum Gasteiger partial charge on any atom is -0.490 e. The first-order valence-corrected chi connectivity index (χ1v) is 14.1. The van der Waals surface area contributed by atoms with E-state index in [4.69, 9.17) is 21.1 Å². The van der Waals surface area contributed by atoms with E-state index in [-0.39, 0.29) is 24.6 Å². The minimum absolute atomic E-state index is 0.0577. The van der Waals surface area contributed by atoms with Crippen molar-refractivity contribution in [1.29, 1.82) is 0 Å². The number of carbonyl (C=O) groups excluding carboxylic acids is 2. The molecule has 2 aromatic carbocycles. The van der Waals surface area contributed by atoms with Gasteiger partial charge in [-0.1, -0.05) is 11.6 Å². The maximum atomic E-state index is 13.0. The van der Waals surface area contributed by atoms with E-state index in [1.165, 1.54) is 0 Å². The monoisotopic (exact) mass is 567 g/mol. The average molecular weight is 568 g/mol. The van der Waals surface area contributed by atoms with Gasteiger partial charge in [-0.05, 0) is 70.0 Å². The van der Waals surface area contributed by atoms with Crippen LogP contribution in [0.3, 0.4) is 0 Å². The van der Waals surface area contributed by atoms with Gasteiger partial charge in [0.15, 0.2) is 0 Å². The van der Waals surface area contributed by atoms with Crippen molar-refractivity contribution < 1.29 is 24.2 Å². The quantitative estimate of drug-likeness (QED) is 0.268. The maximum Gasteiger partial charge on any atom is 0.319 e. The van der Waals surface area contributed by atoms with Crippen LogP contribution in [0.5, 0.6) is 17.2 Å². The molecule has 0 unspecified atom stereocenters. The summed E-state index contributed by atoms with van der Waals surface area (Å²) >= 11 is 6.42.